The number of nitro benzene ring substituents is 1. The molecule has 0 saturated heterocycles. The van der Waals surface area contributed by atoms with Gasteiger partial charge in [-0.2, -0.15) is 0 Å². The molecule has 0 aliphatic heterocycles. The van der Waals surface area contributed by atoms with Crippen LogP contribution in [-0.4, -0.2) is 19.9 Å². The van der Waals surface area contributed by atoms with Crippen LogP contribution in [0.5, 0.6) is 0 Å². The molecule has 0 atom stereocenters. The summed E-state index contributed by atoms with van der Waals surface area (Å²) in [5, 5.41) is 21.1. The lowest BCUT2D eigenvalue weighted by molar-refractivity contribution is -0.384. The van der Waals surface area contributed by atoms with Crippen LogP contribution < -0.4 is 5.32 Å². The van der Waals surface area contributed by atoms with Crippen molar-refractivity contribution in [2.24, 2.45) is 7.05 Å². The summed E-state index contributed by atoms with van der Waals surface area (Å²) in [5.74, 6) is -0.647. The summed E-state index contributed by atoms with van der Waals surface area (Å²) in [7, 11) is 1.72. The highest BCUT2D eigenvalue weighted by Gasteiger charge is 2.14. The molecule has 0 bridgehead atoms. The number of rotatable bonds is 4. The summed E-state index contributed by atoms with van der Waals surface area (Å²) in [6.07, 6.45) is 1.68. The number of hydrogen-bond acceptors (Lipinski definition) is 5. The van der Waals surface area contributed by atoms with Gasteiger partial charge in [0.15, 0.2) is 0 Å². The number of nitrogens with zero attached hydrogens (tertiary/aromatic N) is 4. The average molecular weight is 251 g/mol. The van der Waals surface area contributed by atoms with Gasteiger partial charge in [-0.15, -0.1) is 5.10 Å². The summed E-state index contributed by atoms with van der Waals surface area (Å²) in [6.45, 7) is 0.278. The Morgan fingerprint density at radius 2 is 2.33 bits per heavy atom. The van der Waals surface area contributed by atoms with E-state index in [1.807, 2.05) is 0 Å². The van der Waals surface area contributed by atoms with Gasteiger partial charge < -0.3 is 5.32 Å². The molecule has 0 aliphatic carbocycles. The first-order chi connectivity index (χ1) is 8.56. The smallest absolute Gasteiger partial charge is 0.295 e. The molecule has 0 unspecified atom stereocenters. The van der Waals surface area contributed by atoms with Crippen LogP contribution >= 0.6 is 0 Å². The van der Waals surface area contributed by atoms with Crippen molar-refractivity contribution in [2.75, 3.05) is 5.32 Å². The SMILES string of the molecule is Cn1cc(CNc2ccc(F)cc2[N+](=O)[O-])nn1. The van der Waals surface area contributed by atoms with Gasteiger partial charge in [0.05, 0.1) is 17.5 Å². The minimum Gasteiger partial charge on any atom is -0.374 e. The van der Waals surface area contributed by atoms with Gasteiger partial charge in [0.1, 0.15) is 17.2 Å². The Balaban J connectivity index is 2.16. The number of halogens is 1. The van der Waals surface area contributed by atoms with Crippen LogP contribution in [0.25, 0.3) is 0 Å². The first-order valence-corrected chi connectivity index (χ1v) is 5.09. The molecule has 1 N–H and O–H groups in total. The minimum atomic E-state index is -0.647. The third-order valence-electron chi connectivity index (χ3n) is 2.27. The van der Waals surface area contributed by atoms with Crippen molar-refractivity contribution in [1.82, 2.24) is 15.0 Å². The molecule has 0 aliphatic rings. The van der Waals surface area contributed by atoms with Gasteiger partial charge in [-0.1, -0.05) is 5.21 Å². The molecule has 2 aromatic rings. The maximum Gasteiger partial charge on any atom is 0.295 e. The van der Waals surface area contributed by atoms with Gasteiger partial charge in [0.2, 0.25) is 0 Å². The quantitative estimate of drug-likeness (QED) is 0.657. The monoisotopic (exact) mass is 251 g/mol. The van der Waals surface area contributed by atoms with Crippen molar-refractivity contribution in [1.29, 1.82) is 0 Å². The van der Waals surface area contributed by atoms with E-state index in [1.54, 1.807) is 13.2 Å². The molecule has 18 heavy (non-hydrogen) atoms. The highest BCUT2D eigenvalue weighted by Crippen LogP contribution is 2.25. The van der Waals surface area contributed by atoms with Crippen LogP contribution in [0.1, 0.15) is 5.69 Å². The summed E-state index contributed by atoms with van der Waals surface area (Å²) in [5.41, 5.74) is 0.571. The second-order valence-corrected chi connectivity index (χ2v) is 3.66. The highest BCUT2D eigenvalue weighted by molar-refractivity contribution is 5.61. The predicted octanol–water partition coefficient (Wildman–Crippen LogP) is 1.47. The predicted molar refractivity (Wildman–Crippen MR) is 61.4 cm³/mol. The second-order valence-electron chi connectivity index (χ2n) is 3.66. The lowest BCUT2D eigenvalue weighted by atomic mass is 10.2. The van der Waals surface area contributed by atoms with Crippen molar-refractivity contribution in [3.63, 3.8) is 0 Å². The largest absolute Gasteiger partial charge is 0.374 e. The van der Waals surface area contributed by atoms with Crippen molar-refractivity contribution in [3.05, 3.63) is 46.0 Å². The third kappa shape index (κ3) is 2.59. The fraction of sp³-hybridized carbons (Fsp3) is 0.200. The maximum absolute atomic E-state index is 12.9. The van der Waals surface area contributed by atoms with Crippen molar-refractivity contribution in [3.8, 4) is 0 Å². The molecular formula is C10H10FN5O2. The molecule has 2 rings (SSSR count). The van der Waals surface area contributed by atoms with Crippen LogP contribution in [-0.2, 0) is 13.6 Å². The fourth-order valence-electron chi connectivity index (χ4n) is 1.47. The number of aryl methyl sites for hydroxylation is 1. The number of aromatic nitrogens is 3. The van der Waals surface area contributed by atoms with E-state index in [0.717, 1.165) is 12.1 Å². The highest BCUT2D eigenvalue weighted by atomic mass is 19.1. The number of benzene rings is 1. The Hall–Kier alpha value is -2.51. The van der Waals surface area contributed by atoms with Crippen LogP contribution in [0.3, 0.4) is 0 Å². The Morgan fingerprint density at radius 3 is 2.94 bits per heavy atom. The summed E-state index contributed by atoms with van der Waals surface area (Å²) in [6, 6.07) is 3.36. The molecule has 7 nitrogen and oxygen atoms in total. The van der Waals surface area contributed by atoms with E-state index in [0.29, 0.717) is 5.69 Å². The Morgan fingerprint density at radius 1 is 1.56 bits per heavy atom. The molecule has 1 aromatic carbocycles. The zero-order chi connectivity index (χ0) is 13.1. The molecule has 0 saturated carbocycles. The van der Waals surface area contributed by atoms with Gasteiger partial charge in [0.25, 0.3) is 5.69 Å². The van der Waals surface area contributed by atoms with Crippen molar-refractivity contribution in [2.45, 2.75) is 6.54 Å². The van der Waals surface area contributed by atoms with E-state index >= 15 is 0 Å². The van der Waals surface area contributed by atoms with Gasteiger partial charge in [0, 0.05) is 13.2 Å². The average Bonchev–Trinajstić information content (AvgIpc) is 2.73. The maximum atomic E-state index is 12.9. The zero-order valence-electron chi connectivity index (χ0n) is 9.50. The van der Waals surface area contributed by atoms with Gasteiger partial charge in [-0.3, -0.25) is 14.8 Å². The standard InChI is InChI=1S/C10H10FN5O2/c1-15-6-8(13-14-15)5-12-9-3-2-7(11)4-10(9)16(17)18/h2-4,6,12H,5H2,1H3. The first-order valence-electron chi connectivity index (χ1n) is 5.09. The summed E-state index contributed by atoms with van der Waals surface area (Å²) < 4.78 is 14.4. The van der Waals surface area contributed by atoms with Crippen molar-refractivity contribution < 1.29 is 9.31 Å². The molecule has 1 heterocycles. The van der Waals surface area contributed by atoms with Gasteiger partial charge in [-0.25, -0.2) is 4.39 Å². The van der Waals surface area contributed by atoms with Crippen LogP contribution in [0.15, 0.2) is 24.4 Å². The molecule has 0 amide bonds. The van der Waals surface area contributed by atoms with Crippen LogP contribution in [0, 0.1) is 15.9 Å². The van der Waals surface area contributed by atoms with Crippen LogP contribution in [0.2, 0.25) is 0 Å². The molecule has 1 aromatic heterocycles. The molecule has 0 fully saturated rings. The lowest BCUT2D eigenvalue weighted by Crippen LogP contribution is -2.03. The fourth-order valence-corrected chi connectivity index (χ4v) is 1.47. The Bertz CT molecular complexity index is 583. The van der Waals surface area contributed by atoms with E-state index in [4.69, 9.17) is 0 Å². The van der Waals surface area contributed by atoms with Crippen LogP contribution in [0.4, 0.5) is 15.8 Å². The van der Waals surface area contributed by atoms with E-state index in [-0.39, 0.29) is 17.9 Å². The molecular weight excluding hydrogens is 241 g/mol. The topological polar surface area (TPSA) is 85.9 Å². The third-order valence-corrected chi connectivity index (χ3v) is 2.27. The number of hydrogen-bond donors (Lipinski definition) is 1. The summed E-state index contributed by atoms with van der Waals surface area (Å²) in [4.78, 5) is 10.1. The van der Waals surface area contributed by atoms with E-state index < -0.39 is 10.7 Å². The first kappa shape index (κ1) is 12.0. The normalized spacial score (nSPS) is 10.3. The zero-order valence-corrected chi connectivity index (χ0v) is 9.50. The molecule has 8 heteroatoms. The van der Waals surface area contributed by atoms with Gasteiger partial charge in [-0.05, 0) is 12.1 Å². The summed E-state index contributed by atoms with van der Waals surface area (Å²) >= 11 is 0. The molecule has 0 radical (unpaired) electrons. The Labute approximate surface area is 101 Å². The van der Waals surface area contributed by atoms with E-state index in [2.05, 4.69) is 15.6 Å². The van der Waals surface area contributed by atoms with Gasteiger partial charge >= 0.3 is 0 Å². The molecule has 94 valence electrons. The number of nitrogens with one attached hydrogen (secondary N) is 1. The number of anilines is 1. The van der Waals surface area contributed by atoms with E-state index in [9.17, 15) is 14.5 Å². The number of nitro groups is 1. The molecule has 0 spiro atoms. The Kier molecular flexibility index (Phi) is 3.18. The van der Waals surface area contributed by atoms with Crippen molar-refractivity contribution >= 4 is 11.4 Å². The second kappa shape index (κ2) is 4.78. The minimum absolute atomic E-state index is 0.243. The van der Waals surface area contributed by atoms with E-state index in [1.165, 1.54) is 10.7 Å². The lowest BCUT2D eigenvalue weighted by Gasteiger charge is -2.04.